The van der Waals surface area contributed by atoms with E-state index in [1.54, 1.807) is 12.4 Å². The van der Waals surface area contributed by atoms with Crippen LogP contribution < -0.4 is 11.1 Å². The fraction of sp³-hybridized carbons (Fsp3) is 0.556. The van der Waals surface area contributed by atoms with Crippen LogP contribution in [0.25, 0.3) is 0 Å². The second kappa shape index (κ2) is 6.13. The van der Waals surface area contributed by atoms with E-state index >= 15 is 0 Å². The molecular formula is C9H15IN4. The summed E-state index contributed by atoms with van der Waals surface area (Å²) in [6.07, 6.45) is 5.66. The Labute approximate surface area is 97.8 Å². The Bertz CT molecular complexity index is 260. The quantitative estimate of drug-likeness (QED) is 0.641. The zero-order valence-electron chi connectivity index (χ0n) is 8.20. The molecule has 0 amide bonds. The standard InChI is InChI=1S/C9H15IN4/c1-7(11)3-2-4-12-9-13-5-8(10)6-14-9/h5-7H,2-4,11H2,1H3,(H,12,13,14). The van der Waals surface area contributed by atoms with Crippen molar-refractivity contribution in [3.63, 3.8) is 0 Å². The third kappa shape index (κ3) is 4.71. The van der Waals surface area contributed by atoms with Gasteiger partial charge in [-0.25, -0.2) is 9.97 Å². The van der Waals surface area contributed by atoms with Crippen molar-refractivity contribution >= 4 is 28.5 Å². The minimum absolute atomic E-state index is 0.273. The number of halogens is 1. The van der Waals surface area contributed by atoms with Crippen LogP contribution in [0, 0.1) is 3.57 Å². The van der Waals surface area contributed by atoms with Crippen LogP contribution in [0.5, 0.6) is 0 Å². The number of hydrogen-bond acceptors (Lipinski definition) is 4. The molecule has 1 aromatic rings. The smallest absolute Gasteiger partial charge is 0.222 e. The Kier molecular flexibility index (Phi) is 5.10. The first-order valence-electron chi connectivity index (χ1n) is 4.65. The molecule has 14 heavy (non-hydrogen) atoms. The number of rotatable bonds is 5. The van der Waals surface area contributed by atoms with Crippen LogP contribution in [0.2, 0.25) is 0 Å². The summed E-state index contributed by atoms with van der Waals surface area (Å²) in [5.74, 6) is 0.690. The monoisotopic (exact) mass is 306 g/mol. The van der Waals surface area contributed by atoms with Gasteiger partial charge in [-0.1, -0.05) is 0 Å². The topological polar surface area (TPSA) is 63.8 Å². The largest absolute Gasteiger partial charge is 0.354 e. The van der Waals surface area contributed by atoms with E-state index in [4.69, 9.17) is 5.73 Å². The van der Waals surface area contributed by atoms with E-state index < -0.39 is 0 Å². The zero-order valence-corrected chi connectivity index (χ0v) is 10.4. The SMILES string of the molecule is CC(N)CCCNc1ncc(I)cn1. The van der Waals surface area contributed by atoms with Gasteiger partial charge in [-0.3, -0.25) is 0 Å². The second-order valence-electron chi connectivity index (χ2n) is 3.27. The Balaban J connectivity index is 2.21. The van der Waals surface area contributed by atoms with Crippen molar-refractivity contribution in [1.82, 2.24) is 9.97 Å². The van der Waals surface area contributed by atoms with Gasteiger partial charge in [0.1, 0.15) is 0 Å². The fourth-order valence-electron chi connectivity index (χ4n) is 1.03. The molecule has 0 saturated heterocycles. The summed E-state index contributed by atoms with van der Waals surface area (Å²) in [5, 5.41) is 3.15. The van der Waals surface area contributed by atoms with Crippen molar-refractivity contribution in [1.29, 1.82) is 0 Å². The van der Waals surface area contributed by atoms with E-state index in [0.717, 1.165) is 23.0 Å². The maximum Gasteiger partial charge on any atom is 0.222 e. The molecule has 1 atom stereocenters. The Morgan fingerprint density at radius 1 is 1.50 bits per heavy atom. The lowest BCUT2D eigenvalue weighted by Crippen LogP contribution is -2.16. The van der Waals surface area contributed by atoms with E-state index in [1.807, 2.05) is 6.92 Å². The van der Waals surface area contributed by atoms with E-state index in [2.05, 4.69) is 37.9 Å². The van der Waals surface area contributed by atoms with E-state index in [9.17, 15) is 0 Å². The minimum Gasteiger partial charge on any atom is -0.354 e. The zero-order chi connectivity index (χ0) is 10.4. The molecule has 0 radical (unpaired) electrons. The number of anilines is 1. The van der Waals surface area contributed by atoms with Gasteiger partial charge in [-0.2, -0.15) is 0 Å². The highest BCUT2D eigenvalue weighted by atomic mass is 127. The molecule has 0 aliphatic heterocycles. The van der Waals surface area contributed by atoms with E-state index in [-0.39, 0.29) is 6.04 Å². The summed E-state index contributed by atoms with van der Waals surface area (Å²) in [5.41, 5.74) is 5.63. The maximum absolute atomic E-state index is 5.63. The molecule has 0 aliphatic rings. The molecule has 0 aliphatic carbocycles. The van der Waals surface area contributed by atoms with Crippen LogP contribution in [-0.2, 0) is 0 Å². The third-order valence-electron chi connectivity index (χ3n) is 1.74. The Hall–Kier alpha value is -0.430. The second-order valence-corrected chi connectivity index (χ2v) is 4.52. The van der Waals surface area contributed by atoms with Gasteiger partial charge in [0.05, 0.1) is 0 Å². The van der Waals surface area contributed by atoms with Crippen molar-refractivity contribution in [2.45, 2.75) is 25.8 Å². The lowest BCUT2D eigenvalue weighted by molar-refractivity contribution is 0.638. The first-order chi connectivity index (χ1) is 6.68. The first-order valence-corrected chi connectivity index (χ1v) is 5.73. The van der Waals surface area contributed by atoms with Gasteiger partial charge in [0.15, 0.2) is 0 Å². The van der Waals surface area contributed by atoms with Gasteiger partial charge in [-0.05, 0) is 42.4 Å². The highest BCUT2D eigenvalue weighted by Crippen LogP contribution is 2.03. The van der Waals surface area contributed by atoms with Gasteiger partial charge in [0, 0.05) is 28.6 Å². The summed E-state index contributed by atoms with van der Waals surface area (Å²) in [4.78, 5) is 8.27. The molecule has 4 nitrogen and oxygen atoms in total. The molecule has 1 rings (SSSR count). The molecule has 78 valence electrons. The molecule has 0 spiro atoms. The minimum atomic E-state index is 0.273. The van der Waals surface area contributed by atoms with Crippen LogP contribution in [0.3, 0.4) is 0 Å². The van der Waals surface area contributed by atoms with Crippen molar-refractivity contribution in [3.8, 4) is 0 Å². The maximum atomic E-state index is 5.63. The van der Waals surface area contributed by atoms with Gasteiger partial charge >= 0.3 is 0 Å². The summed E-state index contributed by atoms with van der Waals surface area (Å²) < 4.78 is 1.05. The molecule has 5 heteroatoms. The van der Waals surface area contributed by atoms with Gasteiger partial charge in [0.25, 0.3) is 0 Å². The summed E-state index contributed by atoms with van der Waals surface area (Å²) in [6, 6.07) is 0.273. The van der Waals surface area contributed by atoms with Gasteiger partial charge in [0.2, 0.25) is 5.95 Å². The average molecular weight is 306 g/mol. The van der Waals surface area contributed by atoms with Crippen LogP contribution >= 0.6 is 22.6 Å². The average Bonchev–Trinajstić information content (AvgIpc) is 2.15. The molecule has 1 aromatic heterocycles. The van der Waals surface area contributed by atoms with Crippen LogP contribution in [0.1, 0.15) is 19.8 Å². The molecular weight excluding hydrogens is 291 g/mol. The predicted molar refractivity (Wildman–Crippen MR) is 66.1 cm³/mol. The van der Waals surface area contributed by atoms with Crippen molar-refractivity contribution in [2.24, 2.45) is 5.73 Å². The van der Waals surface area contributed by atoms with Crippen LogP contribution in [0.4, 0.5) is 5.95 Å². The Morgan fingerprint density at radius 3 is 2.71 bits per heavy atom. The van der Waals surface area contributed by atoms with Crippen molar-refractivity contribution < 1.29 is 0 Å². The summed E-state index contributed by atoms with van der Waals surface area (Å²) in [6.45, 7) is 2.89. The summed E-state index contributed by atoms with van der Waals surface area (Å²) in [7, 11) is 0. The van der Waals surface area contributed by atoms with Crippen LogP contribution in [0.15, 0.2) is 12.4 Å². The molecule has 0 aromatic carbocycles. The van der Waals surface area contributed by atoms with Crippen molar-refractivity contribution in [2.75, 3.05) is 11.9 Å². The normalized spacial score (nSPS) is 12.5. The highest BCUT2D eigenvalue weighted by Gasteiger charge is 1.96. The lowest BCUT2D eigenvalue weighted by atomic mass is 10.2. The number of nitrogens with zero attached hydrogens (tertiary/aromatic N) is 2. The molecule has 1 heterocycles. The molecule has 1 unspecified atom stereocenters. The van der Waals surface area contributed by atoms with Crippen molar-refractivity contribution in [3.05, 3.63) is 16.0 Å². The molecule has 3 N–H and O–H groups in total. The lowest BCUT2D eigenvalue weighted by Gasteiger charge is -2.06. The summed E-state index contributed by atoms with van der Waals surface area (Å²) >= 11 is 2.18. The molecule has 0 bridgehead atoms. The first kappa shape index (κ1) is 11.6. The number of nitrogens with two attached hydrogens (primary N) is 1. The van der Waals surface area contributed by atoms with Gasteiger partial charge in [-0.15, -0.1) is 0 Å². The van der Waals surface area contributed by atoms with Crippen LogP contribution in [-0.4, -0.2) is 22.6 Å². The fourth-order valence-corrected chi connectivity index (χ4v) is 1.31. The van der Waals surface area contributed by atoms with E-state index in [0.29, 0.717) is 5.95 Å². The number of nitrogens with one attached hydrogen (secondary N) is 1. The van der Waals surface area contributed by atoms with Gasteiger partial charge < -0.3 is 11.1 Å². The third-order valence-corrected chi connectivity index (χ3v) is 2.30. The highest BCUT2D eigenvalue weighted by molar-refractivity contribution is 14.1. The Morgan fingerprint density at radius 2 is 2.14 bits per heavy atom. The number of hydrogen-bond donors (Lipinski definition) is 2. The molecule has 0 fully saturated rings. The van der Waals surface area contributed by atoms with E-state index in [1.165, 1.54) is 0 Å². The predicted octanol–water partition coefficient (Wildman–Crippen LogP) is 1.62. The molecule has 0 saturated carbocycles. The number of aromatic nitrogens is 2.